The van der Waals surface area contributed by atoms with Gasteiger partial charge in [-0.1, -0.05) is 24.3 Å². The summed E-state index contributed by atoms with van der Waals surface area (Å²) in [4.78, 5) is 16.4. The van der Waals surface area contributed by atoms with Gasteiger partial charge < -0.3 is 9.64 Å². The third-order valence-corrected chi connectivity index (χ3v) is 3.44. The van der Waals surface area contributed by atoms with Crippen molar-refractivity contribution in [3.05, 3.63) is 53.9 Å². The lowest BCUT2D eigenvalue weighted by atomic mass is 10.1. The molecule has 2 aliphatic heterocycles. The molecule has 0 fully saturated rings. The van der Waals surface area contributed by atoms with Gasteiger partial charge in [0.1, 0.15) is 5.60 Å². The van der Waals surface area contributed by atoms with Gasteiger partial charge in [0.15, 0.2) is 0 Å². The Morgan fingerprint density at radius 1 is 1.24 bits per heavy atom. The summed E-state index contributed by atoms with van der Waals surface area (Å²) < 4.78 is 5.54. The van der Waals surface area contributed by atoms with Crippen LogP contribution in [-0.2, 0) is 11.3 Å². The van der Waals surface area contributed by atoms with E-state index >= 15 is 0 Å². The van der Waals surface area contributed by atoms with Gasteiger partial charge in [-0.25, -0.2) is 4.79 Å². The third kappa shape index (κ3) is 2.79. The molecule has 0 aromatic heterocycles. The number of hydrogen-bond donors (Lipinski definition) is 0. The Kier molecular flexibility index (Phi) is 3.24. The number of carbonyl (C=O) groups is 1. The first kappa shape index (κ1) is 13.7. The van der Waals surface area contributed by atoms with Crippen molar-refractivity contribution in [2.45, 2.75) is 32.9 Å². The minimum absolute atomic E-state index is 0.343. The van der Waals surface area contributed by atoms with Gasteiger partial charge in [0.25, 0.3) is 0 Å². The molecule has 21 heavy (non-hydrogen) atoms. The highest BCUT2D eigenvalue weighted by molar-refractivity contribution is 5.91. The molecule has 0 atom stereocenters. The Labute approximate surface area is 125 Å². The van der Waals surface area contributed by atoms with Crippen molar-refractivity contribution in [1.82, 2.24) is 4.90 Å². The number of benzene rings is 1. The highest BCUT2D eigenvalue weighted by Crippen LogP contribution is 2.31. The van der Waals surface area contributed by atoms with Gasteiger partial charge in [0.05, 0.1) is 11.4 Å². The van der Waals surface area contributed by atoms with E-state index in [1.165, 1.54) is 0 Å². The summed E-state index contributed by atoms with van der Waals surface area (Å²) in [5.74, 6) is 0. The Hall–Kier alpha value is -2.23. The molecule has 0 saturated carbocycles. The van der Waals surface area contributed by atoms with Gasteiger partial charge in [0, 0.05) is 19.3 Å². The highest BCUT2D eigenvalue weighted by atomic mass is 16.6. The maximum absolute atomic E-state index is 12.5. The number of hydrogen-bond acceptors (Lipinski definition) is 3. The summed E-state index contributed by atoms with van der Waals surface area (Å²) in [5, 5.41) is 0. The number of ether oxygens (including phenoxy) is 1. The number of nitrogens with zero attached hydrogens (tertiary/aromatic N) is 2. The number of rotatable bonds is 0. The van der Waals surface area contributed by atoms with Crippen molar-refractivity contribution >= 4 is 11.8 Å². The normalized spacial score (nSPS) is 17.0. The van der Waals surface area contributed by atoms with Gasteiger partial charge in [-0.15, -0.1) is 0 Å². The Morgan fingerprint density at radius 3 is 2.76 bits per heavy atom. The average Bonchev–Trinajstić information content (AvgIpc) is 2.76. The topological polar surface area (TPSA) is 32.8 Å². The fourth-order valence-corrected chi connectivity index (χ4v) is 2.54. The molecule has 2 heterocycles. The maximum atomic E-state index is 12.5. The molecule has 110 valence electrons. The van der Waals surface area contributed by atoms with Crippen molar-refractivity contribution in [2.24, 2.45) is 0 Å². The van der Waals surface area contributed by atoms with Gasteiger partial charge in [0.2, 0.25) is 0 Å². The first-order valence-electron chi connectivity index (χ1n) is 7.17. The van der Waals surface area contributed by atoms with Gasteiger partial charge >= 0.3 is 6.09 Å². The molecular formula is C17H20N2O2. The predicted molar refractivity (Wildman–Crippen MR) is 82.8 cm³/mol. The van der Waals surface area contributed by atoms with Crippen LogP contribution in [0.25, 0.3) is 0 Å². The number of para-hydroxylation sites is 1. The zero-order valence-electron chi connectivity index (χ0n) is 12.7. The Bertz CT molecular complexity index is 626. The summed E-state index contributed by atoms with van der Waals surface area (Å²) in [7, 11) is 0. The summed E-state index contributed by atoms with van der Waals surface area (Å²) >= 11 is 0. The highest BCUT2D eigenvalue weighted by Gasteiger charge is 2.28. The molecule has 2 aliphatic rings. The van der Waals surface area contributed by atoms with Crippen molar-refractivity contribution in [3.8, 4) is 0 Å². The zero-order chi connectivity index (χ0) is 15.0. The molecule has 1 aromatic carbocycles. The number of allylic oxidation sites excluding steroid dienone is 1. The van der Waals surface area contributed by atoms with Gasteiger partial charge in [-0.2, -0.15) is 0 Å². The standard InChI is InChI=1S/C17H20N2O2/c1-17(2,3)21-16(20)19-12-14-8-6-10-18(14)11-13-7-4-5-9-15(13)19/h4-9,12H,10-11H2,1-3H3. The van der Waals surface area contributed by atoms with Crippen LogP contribution in [0.2, 0.25) is 0 Å². The molecule has 0 spiro atoms. The molecule has 4 nitrogen and oxygen atoms in total. The molecule has 0 bridgehead atoms. The second-order valence-corrected chi connectivity index (χ2v) is 6.32. The van der Waals surface area contributed by atoms with E-state index in [1.807, 2.05) is 51.2 Å². The van der Waals surface area contributed by atoms with Crippen LogP contribution >= 0.6 is 0 Å². The van der Waals surface area contributed by atoms with E-state index in [1.54, 1.807) is 4.90 Å². The molecule has 1 aromatic rings. The average molecular weight is 284 g/mol. The molecule has 0 saturated heterocycles. The summed E-state index contributed by atoms with van der Waals surface area (Å²) in [6.07, 6.45) is 5.67. The lowest BCUT2D eigenvalue weighted by Gasteiger charge is -2.25. The van der Waals surface area contributed by atoms with Crippen LogP contribution in [0.15, 0.2) is 48.3 Å². The van der Waals surface area contributed by atoms with Crippen molar-refractivity contribution in [2.75, 3.05) is 11.4 Å². The molecule has 0 N–H and O–H groups in total. The predicted octanol–water partition coefficient (Wildman–Crippen LogP) is 3.65. The second kappa shape index (κ2) is 4.95. The molecular weight excluding hydrogens is 264 g/mol. The van der Waals surface area contributed by atoms with E-state index < -0.39 is 5.60 Å². The molecule has 0 unspecified atom stereocenters. The lowest BCUT2D eigenvalue weighted by molar-refractivity contribution is 0.0596. The Morgan fingerprint density at radius 2 is 2.00 bits per heavy atom. The van der Waals surface area contributed by atoms with Crippen molar-refractivity contribution in [1.29, 1.82) is 0 Å². The fourth-order valence-electron chi connectivity index (χ4n) is 2.54. The summed E-state index contributed by atoms with van der Waals surface area (Å²) in [5.41, 5.74) is 2.54. The van der Waals surface area contributed by atoms with Crippen LogP contribution in [0.5, 0.6) is 0 Å². The first-order chi connectivity index (χ1) is 9.94. The Balaban J connectivity index is 2.01. The lowest BCUT2D eigenvalue weighted by Crippen LogP contribution is -2.34. The molecule has 0 aliphatic carbocycles. The maximum Gasteiger partial charge on any atom is 0.419 e. The van der Waals surface area contributed by atoms with Gasteiger partial charge in [-0.3, -0.25) is 4.90 Å². The quantitative estimate of drug-likeness (QED) is 0.729. The molecule has 0 radical (unpaired) electrons. The fraction of sp³-hybridized carbons (Fsp3) is 0.353. The van der Waals surface area contributed by atoms with E-state index in [0.717, 1.165) is 30.0 Å². The summed E-state index contributed by atoms with van der Waals surface area (Å²) in [6, 6.07) is 7.96. The zero-order valence-corrected chi connectivity index (χ0v) is 12.7. The number of amides is 1. The monoisotopic (exact) mass is 284 g/mol. The minimum atomic E-state index is -0.512. The second-order valence-electron chi connectivity index (χ2n) is 6.32. The van der Waals surface area contributed by atoms with Crippen LogP contribution in [0.4, 0.5) is 10.5 Å². The SMILES string of the molecule is CC(C)(C)OC(=O)N1C=C2C=CCN2Cc2ccccc21. The van der Waals surface area contributed by atoms with Crippen molar-refractivity contribution in [3.63, 3.8) is 0 Å². The minimum Gasteiger partial charge on any atom is -0.443 e. The molecule has 1 amide bonds. The van der Waals surface area contributed by atoms with Crippen molar-refractivity contribution < 1.29 is 9.53 Å². The smallest absolute Gasteiger partial charge is 0.419 e. The third-order valence-electron chi connectivity index (χ3n) is 3.44. The van der Waals surface area contributed by atoms with Crippen LogP contribution in [0, 0.1) is 0 Å². The number of carbonyl (C=O) groups excluding carboxylic acids is 1. The largest absolute Gasteiger partial charge is 0.443 e. The summed E-state index contributed by atoms with van der Waals surface area (Å²) in [6.45, 7) is 7.31. The molecule has 3 rings (SSSR count). The van der Waals surface area contributed by atoms with Crippen LogP contribution in [-0.4, -0.2) is 23.1 Å². The van der Waals surface area contributed by atoms with Crippen LogP contribution < -0.4 is 4.90 Å². The molecule has 4 heteroatoms. The van der Waals surface area contributed by atoms with E-state index in [4.69, 9.17) is 4.74 Å². The van der Waals surface area contributed by atoms with Crippen LogP contribution in [0.1, 0.15) is 26.3 Å². The van der Waals surface area contributed by atoms with E-state index in [0.29, 0.717) is 0 Å². The first-order valence-corrected chi connectivity index (χ1v) is 7.17. The van der Waals surface area contributed by atoms with E-state index in [2.05, 4.69) is 17.0 Å². The van der Waals surface area contributed by atoms with Gasteiger partial charge in [-0.05, 0) is 38.5 Å². The van der Waals surface area contributed by atoms with E-state index in [9.17, 15) is 4.79 Å². The number of fused-ring (bicyclic) bond motifs is 2. The number of anilines is 1. The van der Waals surface area contributed by atoms with Crippen LogP contribution in [0.3, 0.4) is 0 Å². The van der Waals surface area contributed by atoms with E-state index in [-0.39, 0.29) is 6.09 Å².